The Morgan fingerprint density at radius 3 is 1.19 bits per heavy atom. The maximum absolute atomic E-state index is 12.4. The van der Waals surface area contributed by atoms with Crippen LogP contribution in [0.15, 0.2) is 0 Å². The van der Waals surface area contributed by atoms with Gasteiger partial charge in [-0.3, -0.25) is 19.3 Å². The highest BCUT2D eigenvalue weighted by molar-refractivity contribution is 7.88. The second-order valence-electron chi connectivity index (χ2n) is 32.4. The number of carbonyl (C=O) groups excluding carboxylic acids is 4. The predicted octanol–water partition coefficient (Wildman–Crippen LogP) is 18.0. The molecule has 0 aromatic heterocycles. The van der Waals surface area contributed by atoms with Crippen LogP contribution >= 0.6 is 0 Å². The highest BCUT2D eigenvalue weighted by atomic mass is 32.2. The summed E-state index contributed by atoms with van der Waals surface area (Å²) in [5.41, 5.74) is 0.689. The summed E-state index contributed by atoms with van der Waals surface area (Å²) in [7, 11) is -3.85. The van der Waals surface area contributed by atoms with Crippen molar-refractivity contribution >= 4 is 33.5 Å². The topological polar surface area (TPSA) is 128 Å². The molecule has 0 N–H and O–H groups in total. The molecule has 2 saturated heterocycles. The quantitative estimate of drug-likeness (QED) is 0.0926. The van der Waals surface area contributed by atoms with Crippen LogP contribution in [0.1, 0.15) is 251 Å². The van der Waals surface area contributed by atoms with Crippen molar-refractivity contribution in [2.75, 3.05) is 84.9 Å². The number of alkyl halides is 8. The number of piperazine rings is 1. The number of carbonyl (C=O) groups is 4. The van der Waals surface area contributed by atoms with Crippen LogP contribution in [0.5, 0.6) is 0 Å². The molecule has 2 aliphatic heterocycles. The van der Waals surface area contributed by atoms with Gasteiger partial charge in [-0.25, -0.2) is 8.42 Å². The van der Waals surface area contributed by atoms with E-state index in [1.165, 1.54) is 19.9 Å². The van der Waals surface area contributed by atoms with Crippen LogP contribution in [-0.2, 0) is 33.9 Å². The zero-order valence-corrected chi connectivity index (χ0v) is 63.2. The fourth-order valence-electron chi connectivity index (χ4n) is 11.4. The van der Waals surface area contributed by atoms with Crippen LogP contribution in [-0.4, -0.2) is 160 Å². The average molecular weight is 1340 g/mol. The van der Waals surface area contributed by atoms with E-state index in [1.807, 2.05) is 88.0 Å². The Morgan fingerprint density at radius 2 is 0.912 bits per heavy atom. The molecule has 1 aliphatic carbocycles. The lowest BCUT2D eigenvalue weighted by Gasteiger charge is -2.39. The zero-order chi connectivity index (χ0) is 72.3. The van der Waals surface area contributed by atoms with E-state index in [4.69, 9.17) is 0 Å². The third-order valence-corrected chi connectivity index (χ3v) is 19.7. The number of hydrogen-bond acceptors (Lipinski definition) is 8. The molecule has 3 aliphatic rings. The Bertz CT molecular complexity index is 2140. The van der Waals surface area contributed by atoms with Gasteiger partial charge in [-0.05, 0) is 94.2 Å². The van der Waals surface area contributed by atoms with Gasteiger partial charge in [0.05, 0.1) is 12.9 Å². The van der Waals surface area contributed by atoms with Crippen molar-refractivity contribution in [1.82, 2.24) is 23.9 Å². The number of Topliss-reactive ketones (excluding diaryl/α,β-unsaturated/α-hetero) is 1. The summed E-state index contributed by atoms with van der Waals surface area (Å²) in [4.78, 5) is 53.1. The van der Waals surface area contributed by atoms with E-state index in [1.54, 1.807) is 6.92 Å². The van der Waals surface area contributed by atoms with Gasteiger partial charge in [0.2, 0.25) is 27.7 Å². The van der Waals surface area contributed by atoms with Crippen molar-refractivity contribution in [3.8, 4) is 0 Å². The van der Waals surface area contributed by atoms with Crippen LogP contribution in [0.3, 0.4) is 0 Å². The van der Waals surface area contributed by atoms with Crippen LogP contribution in [0.25, 0.3) is 0 Å². The molecule has 21 heteroatoms. The van der Waals surface area contributed by atoms with Gasteiger partial charge < -0.3 is 24.2 Å². The van der Waals surface area contributed by atoms with E-state index in [0.29, 0.717) is 56.9 Å². The fraction of sp³-hybridized carbons (Fsp3) is 0.943. The first-order valence-electron chi connectivity index (χ1n) is 33.9. The largest absolute Gasteiger partial charge is 0.406 e. The van der Waals surface area contributed by atoms with Gasteiger partial charge in [0.1, 0.15) is 18.9 Å². The van der Waals surface area contributed by atoms with E-state index in [2.05, 4.69) is 97.6 Å². The summed E-state index contributed by atoms with van der Waals surface area (Å²) in [6, 6.07) is 0. The molecule has 0 aromatic carbocycles. The lowest BCUT2D eigenvalue weighted by Crippen LogP contribution is -2.51. The summed E-state index contributed by atoms with van der Waals surface area (Å²) < 4.78 is 125. The molecule has 0 bridgehead atoms. The molecule has 91 heavy (non-hydrogen) atoms. The van der Waals surface area contributed by atoms with Gasteiger partial charge in [-0.1, -0.05) is 205 Å². The minimum atomic E-state index is -4.51. The van der Waals surface area contributed by atoms with Gasteiger partial charge in [0, 0.05) is 84.6 Å². The number of amides is 3. The van der Waals surface area contributed by atoms with Crippen molar-refractivity contribution in [1.29, 1.82) is 0 Å². The first kappa shape index (κ1) is 92.5. The lowest BCUT2D eigenvalue weighted by atomic mass is 9.76. The van der Waals surface area contributed by atoms with Crippen molar-refractivity contribution in [3.63, 3.8) is 0 Å². The van der Waals surface area contributed by atoms with Crippen LogP contribution in [0.2, 0.25) is 0 Å². The minimum Gasteiger partial charge on any atom is -0.342 e. The number of sulfonamides is 1. The fourth-order valence-corrected chi connectivity index (χ4v) is 12.2. The molecule has 544 valence electrons. The Balaban J connectivity index is -0.00000103. The Hall–Kier alpha value is -2.65. The molecule has 0 radical (unpaired) electrons. The molecule has 3 rings (SSSR count). The smallest absolute Gasteiger partial charge is 0.342 e. The van der Waals surface area contributed by atoms with E-state index in [9.17, 15) is 62.7 Å². The summed E-state index contributed by atoms with van der Waals surface area (Å²) in [6.45, 7) is 55.6. The molecule has 0 unspecified atom stereocenters. The van der Waals surface area contributed by atoms with Crippen LogP contribution in [0.4, 0.5) is 35.1 Å². The Labute approximate surface area is 551 Å². The molecule has 0 aromatic rings. The number of nitrogens with zero attached hydrogens (tertiary/aromatic N) is 5. The summed E-state index contributed by atoms with van der Waals surface area (Å²) in [6.07, 6.45) is 2.53. The maximum atomic E-state index is 12.4. The minimum absolute atomic E-state index is 0.0453. The third-order valence-electron chi connectivity index (χ3n) is 18.5. The Morgan fingerprint density at radius 1 is 0.538 bits per heavy atom. The second kappa shape index (κ2) is 40.8. The molecule has 3 fully saturated rings. The van der Waals surface area contributed by atoms with Crippen molar-refractivity contribution in [2.45, 2.75) is 270 Å². The molecule has 2 heterocycles. The number of ketones is 1. The lowest BCUT2D eigenvalue weighted by molar-refractivity contribution is -0.162. The molecular weight excluding hydrogens is 1210 g/mol. The molecule has 12 nitrogen and oxygen atoms in total. The first-order chi connectivity index (χ1) is 40.9. The van der Waals surface area contributed by atoms with E-state index in [-0.39, 0.29) is 59.1 Å². The number of hydrogen-bond donors (Lipinski definition) is 0. The monoisotopic (exact) mass is 1340 g/mol. The SMILES string of the molecule is CC[C@@H](CC(C)=O)C(C)(C)C.CC[C@@H](CN(CC(F)(F)F)C(C)=O)C(C)(C)C.CC[C@@H](CN(CC(F)(F)F)S(C)(=O)=O)C(C)(C)C.CC[C@@H](CN1CCCC1=O)C(C)(C)C.CC[C@@H](CN1CCN(C(=O)C2CC2)CC1)C(C)(C)C.CC[C@@H](COC(F)F)C(C)(C)C. The van der Waals surface area contributed by atoms with Crippen molar-refractivity contribution in [3.05, 3.63) is 0 Å². The van der Waals surface area contributed by atoms with E-state index in [0.717, 1.165) is 114 Å². The third kappa shape index (κ3) is 43.2. The second-order valence-corrected chi connectivity index (χ2v) is 34.3. The van der Waals surface area contributed by atoms with E-state index < -0.39 is 48.0 Å². The van der Waals surface area contributed by atoms with Gasteiger partial charge in [-0.2, -0.15) is 39.4 Å². The Kier molecular flexibility index (Phi) is 41.5. The highest BCUT2D eigenvalue weighted by Crippen LogP contribution is 2.36. The summed E-state index contributed by atoms with van der Waals surface area (Å²) in [5, 5.41) is 0. The molecular formula is C70H135F8N5O7S. The number of halogens is 8. The number of ether oxygens (including phenoxy) is 1. The highest BCUT2D eigenvalue weighted by Gasteiger charge is 2.39. The van der Waals surface area contributed by atoms with Gasteiger partial charge in [0.25, 0.3) is 0 Å². The van der Waals surface area contributed by atoms with Crippen LogP contribution < -0.4 is 0 Å². The predicted molar refractivity (Wildman–Crippen MR) is 359 cm³/mol. The molecule has 6 atom stereocenters. The van der Waals surface area contributed by atoms with Gasteiger partial charge >= 0.3 is 19.0 Å². The van der Waals surface area contributed by atoms with Crippen LogP contribution in [0, 0.1) is 73.9 Å². The van der Waals surface area contributed by atoms with Crippen molar-refractivity contribution in [2.24, 2.45) is 73.9 Å². The maximum Gasteiger partial charge on any atom is 0.406 e. The summed E-state index contributed by atoms with van der Waals surface area (Å²) in [5.74, 6) is 3.01. The molecule has 3 amide bonds. The van der Waals surface area contributed by atoms with Gasteiger partial charge in [-0.15, -0.1) is 0 Å². The van der Waals surface area contributed by atoms with Crippen molar-refractivity contribution < 1.29 is 67.5 Å². The molecule has 0 spiro atoms. The normalized spacial score (nSPS) is 17.7. The zero-order valence-electron chi connectivity index (χ0n) is 62.4. The number of rotatable bonds is 23. The average Bonchev–Trinajstić information content (AvgIpc) is 4.02. The van der Waals surface area contributed by atoms with E-state index >= 15 is 0 Å². The first-order valence-corrected chi connectivity index (χ1v) is 35.7. The van der Waals surface area contributed by atoms with Gasteiger partial charge in [0.15, 0.2) is 0 Å². The summed E-state index contributed by atoms with van der Waals surface area (Å²) >= 11 is 0. The number of likely N-dealkylation sites (tertiary alicyclic amines) is 1. The molecule has 1 saturated carbocycles. The standard InChI is InChI=1S/C16H30N2O.C12H22F3NO.C12H23NO.C11H22F3NO2S.C10H20O.C9H18F2O/c1-5-14(16(2,3)4)12-17-8-10-18(11-9-17)15(19)13-6-7-13;1-6-10(11(3,4)5)7-16(9(2)17)8-12(13,14)15;1-5-10(12(2,3)4)9-13-8-6-7-11(13)14;1-6-9(10(2,3)4)7-15(18(5,16)17)8-11(12,13)14;1-6-9(7-8(2)11)10(3,4)5;1-5-7(9(2,3)4)6-12-8(10)11/h13-14H,5-12H2,1-4H3;10H,6-8H2,1-5H3;10H,5-9H2,1-4H3;9H,6-8H2,1-5H3;9H,6-7H2,1-5H3;7-8H,5-6H2,1-4H3/t14-;2*10-;2*9-;7-/m000000/s1.